The predicted molar refractivity (Wildman–Crippen MR) is 168 cm³/mol. The average molecular weight is 613 g/mol. The molecule has 4 atom stereocenters. The van der Waals surface area contributed by atoms with E-state index in [-0.39, 0.29) is 34.5 Å². The van der Waals surface area contributed by atoms with Crippen molar-refractivity contribution >= 4 is 33.2 Å². The molecule has 226 valence electrons. The maximum atomic E-state index is 13.1. The Morgan fingerprint density at radius 3 is 2.76 bits per heavy atom. The van der Waals surface area contributed by atoms with Crippen LogP contribution in [0.25, 0.3) is 0 Å². The van der Waals surface area contributed by atoms with Crippen LogP contribution in [0.3, 0.4) is 0 Å². The van der Waals surface area contributed by atoms with Crippen molar-refractivity contribution in [1.82, 2.24) is 4.72 Å². The fourth-order valence-corrected chi connectivity index (χ4v) is 8.15. The molecule has 9 heteroatoms. The zero-order chi connectivity index (χ0) is 30.1. The highest BCUT2D eigenvalue weighted by Gasteiger charge is 2.49. The van der Waals surface area contributed by atoms with E-state index in [4.69, 9.17) is 16.3 Å². The van der Waals surface area contributed by atoms with Crippen LogP contribution in [0.1, 0.15) is 66.9 Å². The topological polar surface area (TPSA) is 95.9 Å². The number of ether oxygens (including phenoxy) is 1. The Labute approximate surface area is 254 Å². The summed E-state index contributed by atoms with van der Waals surface area (Å²) < 4.78 is 33.6. The van der Waals surface area contributed by atoms with Crippen molar-refractivity contribution in [3.8, 4) is 5.75 Å². The van der Waals surface area contributed by atoms with Crippen molar-refractivity contribution in [2.45, 2.75) is 63.4 Å². The zero-order valence-electron chi connectivity index (χ0n) is 24.3. The van der Waals surface area contributed by atoms with Gasteiger partial charge in [0, 0.05) is 29.1 Å². The molecule has 2 aliphatic carbocycles. The highest BCUT2D eigenvalue weighted by atomic mass is 35.5. The van der Waals surface area contributed by atoms with Crippen LogP contribution in [-0.2, 0) is 21.9 Å². The Kier molecular flexibility index (Phi) is 8.80. The Bertz CT molecular complexity index is 1480. The number of aliphatic hydroxyl groups is 1. The van der Waals surface area contributed by atoms with E-state index in [1.54, 1.807) is 24.3 Å². The highest BCUT2D eigenvalue weighted by molar-refractivity contribution is 7.90. The zero-order valence-corrected chi connectivity index (χ0v) is 25.9. The van der Waals surface area contributed by atoms with Crippen LogP contribution in [0.15, 0.2) is 61.7 Å². The lowest BCUT2D eigenvalue weighted by Crippen LogP contribution is -2.53. The first-order chi connectivity index (χ1) is 20.0. The molecule has 0 saturated heterocycles. The molecule has 1 unspecified atom stereocenters. The van der Waals surface area contributed by atoms with Gasteiger partial charge in [0.1, 0.15) is 5.75 Å². The lowest BCUT2D eigenvalue weighted by Gasteiger charge is -2.52. The minimum atomic E-state index is -3.80. The van der Waals surface area contributed by atoms with Gasteiger partial charge in [0.25, 0.3) is 5.91 Å². The number of carbonyl (C=O) groups is 1. The molecule has 2 aromatic rings. The number of halogens is 1. The van der Waals surface area contributed by atoms with Gasteiger partial charge in [-0.2, -0.15) is 0 Å². The number of carbonyl (C=O) groups excluding carboxylic acids is 1. The number of amides is 1. The number of rotatable bonds is 10. The lowest BCUT2D eigenvalue weighted by atomic mass is 9.57. The largest absolute Gasteiger partial charge is 0.490 e. The van der Waals surface area contributed by atoms with Gasteiger partial charge in [-0.3, -0.25) is 4.79 Å². The van der Waals surface area contributed by atoms with E-state index >= 15 is 0 Å². The summed E-state index contributed by atoms with van der Waals surface area (Å²) in [4.78, 5) is 15.4. The Morgan fingerprint density at radius 2 is 2.05 bits per heavy atom. The fourth-order valence-electron chi connectivity index (χ4n) is 6.98. The second kappa shape index (κ2) is 12.1. The summed E-state index contributed by atoms with van der Waals surface area (Å²) in [6.07, 6.45) is 8.42. The number of nitrogens with one attached hydrogen (secondary N) is 1. The van der Waals surface area contributed by atoms with Crippen molar-refractivity contribution in [3.05, 3.63) is 83.4 Å². The van der Waals surface area contributed by atoms with Crippen molar-refractivity contribution in [2.75, 3.05) is 30.3 Å². The molecule has 1 heterocycles. The van der Waals surface area contributed by atoms with Gasteiger partial charge < -0.3 is 14.7 Å². The van der Waals surface area contributed by atoms with E-state index in [1.807, 2.05) is 6.07 Å². The van der Waals surface area contributed by atoms with Gasteiger partial charge in [-0.1, -0.05) is 36.7 Å². The van der Waals surface area contributed by atoms with Crippen LogP contribution < -0.4 is 14.4 Å². The number of hydrogen-bond donors (Lipinski definition) is 2. The molecule has 0 radical (unpaired) electrons. The van der Waals surface area contributed by atoms with E-state index in [0.717, 1.165) is 42.8 Å². The molecule has 0 bridgehead atoms. The summed E-state index contributed by atoms with van der Waals surface area (Å²) >= 11 is 6.38. The van der Waals surface area contributed by atoms with Crippen LogP contribution in [0.5, 0.6) is 5.75 Å². The summed E-state index contributed by atoms with van der Waals surface area (Å²) in [7, 11) is -3.80. The van der Waals surface area contributed by atoms with Crippen molar-refractivity contribution in [1.29, 1.82) is 0 Å². The monoisotopic (exact) mass is 612 g/mol. The number of aliphatic hydroxyl groups excluding tert-OH is 1. The average Bonchev–Trinajstić information content (AvgIpc) is 3.10. The second-order valence-electron chi connectivity index (χ2n) is 12.4. The third-order valence-electron chi connectivity index (χ3n) is 9.69. The van der Waals surface area contributed by atoms with E-state index in [0.29, 0.717) is 31.9 Å². The number of anilines is 1. The molecule has 5 rings (SSSR count). The van der Waals surface area contributed by atoms with Gasteiger partial charge in [0.15, 0.2) is 0 Å². The van der Waals surface area contributed by atoms with E-state index in [9.17, 15) is 18.3 Å². The maximum absolute atomic E-state index is 13.1. The minimum Gasteiger partial charge on any atom is -0.490 e. The SMILES string of the molecule is C=CCCS(=O)(=O)NC(=O)c1ccc2c(c1)N(C[C@@H]1CC[C@]1(C)C(O)CC=C)C[C@@]1(CCCc3cc(Cl)ccc31)CO2. The van der Waals surface area contributed by atoms with Crippen molar-refractivity contribution in [3.63, 3.8) is 0 Å². The molecule has 7 nitrogen and oxygen atoms in total. The van der Waals surface area contributed by atoms with Gasteiger partial charge in [0.2, 0.25) is 10.0 Å². The third kappa shape index (κ3) is 5.99. The van der Waals surface area contributed by atoms with Crippen molar-refractivity contribution < 1.29 is 23.1 Å². The molecule has 42 heavy (non-hydrogen) atoms. The molecule has 2 aromatic carbocycles. The Morgan fingerprint density at radius 1 is 1.24 bits per heavy atom. The van der Waals surface area contributed by atoms with Crippen LogP contribution >= 0.6 is 11.6 Å². The number of aryl methyl sites for hydroxylation is 1. The van der Waals surface area contributed by atoms with Gasteiger partial charge in [-0.05, 0) is 97.7 Å². The molecule has 2 N–H and O–H groups in total. The lowest BCUT2D eigenvalue weighted by molar-refractivity contribution is -0.0695. The van der Waals surface area contributed by atoms with E-state index in [1.165, 1.54) is 17.2 Å². The summed E-state index contributed by atoms with van der Waals surface area (Å²) in [5, 5.41) is 11.7. The number of sulfonamides is 1. The quantitative estimate of drug-likeness (QED) is 0.329. The molecular formula is C33H41ClN2O5S. The molecule has 3 aliphatic rings. The summed E-state index contributed by atoms with van der Waals surface area (Å²) in [6, 6.07) is 11.3. The first kappa shape index (κ1) is 30.6. The Hall–Kier alpha value is -2.81. The summed E-state index contributed by atoms with van der Waals surface area (Å²) in [5.41, 5.74) is 2.96. The van der Waals surface area contributed by atoms with E-state index in [2.05, 4.69) is 41.8 Å². The van der Waals surface area contributed by atoms with Gasteiger partial charge in [-0.25, -0.2) is 13.1 Å². The van der Waals surface area contributed by atoms with Gasteiger partial charge in [-0.15, -0.1) is 13.2 Å². The predicted octanol–water partition coefficient (Wildman–Crippen LogP) is 5.80. The molecule has 0 aromatic heterocycles. The van der Waals surface area contributed by atoms with E-state index < -0.39 is 22.0 Å². The minimum absolute atomic E-state index is 0.207. The van der Waals surface area contributed by atoms with Crippen LogP contribution in [-0.4, -0.2) is 51.0 Å². The fraction of sp³-hybridized carbons (Fsp3) is 0.485. The molecule has 1 aliphatic heterocycles. The van der Waals surface area contributed by atoms with Crippen LogP contribution in [0.2, 0.25) is 5.02 Å². The van der Waals surface area contributed by atoms with Gasteiger partial charge >= 0.3 is 0 Å². The first-order valence-corrected chi connectivity index (χ1v) is 16.8. The molecule has 1 amide bonds. The molecule has 1 spiro atoms. The first-order valence-electron chi connectivity index (χ1n) is 14.8. The maximum Gasteiger partial charge on any atom is 0.264 e. The summed E-state index contributed by atoms with van der Waals surface area (Å²) in [6.45, 7) is 11.4. The molecule has 1 saturated carbocycles. The molecule has 1 fully saturated rings. The number of allylic oxidation sites excluding steroid dienone is 1. The Balaban J connectivity index is 1.52. The van der Waals surface area contributed by atoms with Crippen molar-refractivity contribution in [2.24, 2.45) is 11.3 Å². The third-order valence-corrected chi connectivity index (χ3v) is 11.2. The summed E-state index contributed by atoms with van der Waals surface area (Å²) in [5.74, 6) is 0.00211. The van der Waals surface area contributed by atoms with Gasteiger partial charge in [0.05, 0.1) is 24.2 Å². The number of fused-ring (bicyclic) bond motifs is 3. The number of hydrogen-bond acceptors (Lipinski definition) is 6. The standard InChI is InChI=1S/C33H41ClN2O5S/c1-4-6-17-42(39,40)35-31(38)24-10-13-29-28(19-24)36(20-25-14-16-32(25,3)30(37)8-5-2)21-33(22-41-29)15-7-9-23-18-26(34)11-12-27(23)33/h4-5,10-13,18-19,25,30,37H,1-2,6-9,14-17,20-22H2,3H3,(H,35,38)/t25-,30?,32-,33-/m0/s1. The highest BCUT2D eigenvalue weighted by Crippen LogP contribution is 2.52. The number of benzene rings is 2. The smallest absolute Gasteiger partial charge is 0.264 e. The second-order valence-corrected chi connectivity index (χ2v) is 14.7. The molecular weight excluding hydrogens is 572 g/mol. The normalized spacial score (nSPS) is 25.7. The van der Waals surface area contributed by atoms with Crippen LogP contribution in [0, 0.1) is 11.3 Å². The number of nitrogens with zero attached hydrogens (tertiary/aromatic N) is 1. The van der Waals surface area contributed by atoms with Crippen LogP contribution in [0.4, 0.5) is 5.69 Å².